The fraction of sp³-hybridized carbons (Fsp3) is 0.458. The Bertz CT molecular complexity index is 1120. The van der Waals surface area contributed by atoms with E-state index in [9.17, 15) is 13.2 Å². The molecule has 186 valence electrons. The first-order chi connectivity index (χ1) is 16.0. The van der Waals surface area contributed by atoms with Gasteiger partial charge in [0.2, 0.25) is 5.91 Å². The first-order valence-corrected chi connectivity index (χ1v) is 13.5. The van der Waals surface area contributed by atoms with Crippen molar-refractivity contribution in [3.8, 4) is 5.75 Å². The Balaban J connectivity index is 1.81. The van der Waals surface area contributed by atoms with E-state index in [1.54, 1.807) is 23.1 Å². The van der Waals surface area contributed by atoms with E-state index < -0.39 is 15.7 Å². The number of ether oxygens (including phenoxy) is 2. The second kappa shape index (κ2) is 11.3. The van der Waals surface area contributed by atoms with Crippen LogP contribution in [0.3, 0.4) is 0 Å². The Morgan fingerprint density at radius 2 is 1.94 bits per heavy atom. The van der Waals surface area contributed by atoms with Gasteiger partial charge in [-0.25, -0.2) is 0 Å². The summed E-state index contributed by atoms with van der Waals surface area (Å²) in [6.07, 6.45) is 1.44. The molecule has 0 unspecified atom stereocenters. The molecule has 10 heteroatoms. The van der Waals surface area contributed by atoms with Crippen molar-refractivity contribution in [3.63, 3.8) is 0 Å². The Kier molecular flexibility index (Phi) is 8.87. The standard InChI is InChI=1S/C24H29Cl2NO6S/c1-17(2)33-20-6-4-5-18(13-20)14-23(28)27-10-12-31-24(16-27,9-11-32-34(3,29)30)19-7-8-21(25)22(26)15-19/h4-8,13,15,17H,9-12,14,16H2,1-3H3/t24-/m0/s1. The molecule has 2 aromatic rings. The highest BCUT2D eigenvalue weighted by Gasteiger charge is 2.40. The number of amides is 1. The van der Waals surface area contributed by atoms with Crippen LogP contribution in [0.1, 0.15) is 31.4 Å². The lowest BCUT2D eigenvalue weighted by atomic mass is 9.88. The van der Waals surface area contributed by atoms with Crippen molar-refractivity contribution in [1.29, 1.82) is 0 Å². The van der Waals surface area contributed by atoms with Crippen molar-refractivity contribution in [2.24, 2.45) is 0 Å². The second-order valence-corrected chi connectivity index (χ2v) is 11.0. The topological polar surface area (TPSA) is 82.1 Å². The second-order valence-electron chi connectivity index (χ2n) is 8.55. The van der Waals surface area contributed by atoms with E-state index in [4.69, 9.17) is 36.9 Å². The highest BCUT2D eigenvalue weighted by atomic mass is 35.5. The maximum atomic E-state index is 13.2. The third kappa shape index (κ3) is 7.33. The molecule has 34 heavy (non-hydrogen) atoms. The van der Waals surface area contributed by atoms with Gasteiger partial charge in [-0.2, -0.15) is 8.42 Å². The molecule has 0 saturated carbocycles. The van der Waals surface area contributed by atoms with Crippen molar-refractivity contribution >= 4 is 39.2 Å². The quantitative estimate of drug-likeness (QED) is 0.446. The molecule has 0 N–H and O–H groups in total. The molecule has 1 aliphatic heterocycles. The number of halogens is 2. The Morgan fingerprint density at radius 3 is 2.62 bits per heavy atom. The number of hydrogen-bond acceptors (Lipinski definition) is 6. The van der Waals surface area contributed by atoms with Crippen LogP contribution in [-0.4, -0.2) is 57.9 Å². The van der Waals surface area contributed by atoms with E-state index in [0.717, 1.165) is 11.8 Å². The molecule has 0 radical (unpaired) electrons. The number of carbonyl (C=O) groups excluding carboxylic acids is 1. The smallest absolute Gasteiger partial charge is 0.264 e. The predicted octanol–water partition coefficient (Wildman–Crippen LogP) is 4.44. The van der Waals surface area contributed by atoms with Crippen LogP contribution in [0.5, 0.6) is 5.75 Å². The summed E-state index contributed by atoms with van der Waals surface area (Å²) in [5.41, 5.74) is 0.550. The van der Waals surface area contributed by atoms with Crippen LogP contribution >= 0.6 is 23.2 Å². The van der Waals surface area contributed by atoms with Crippen molar-refractivity contribution in [2.75, 3.05) is 32.6 Å². The zero-order chi connectivity index (χ0) is 24.9. The Hall–Kier alpha value is -1.84. The summed E-state index contributed by atoms with van der Waals surface area (Å²) < 4.78 is 39.9. The molecular formula is C24H29Cl2NO6S. The summed E-state index contributed by atoms with van der Waals surface area (Å²) in [6.45, 7) is 4.70. The highest BCUT2D eigenvalue weighted by molar-refractivity contribution is 7.85. The number of nitrogens with zero attached hydrogens (tertiary/aromatic N) is 1. The van der Waals surface area contributed by atoms with Crippen molar-refractivity contribution in [2.45, 2.75) is 38.4 Å². The fourth-order valence-electron chi connectivity index (χ4n) is 3.89. The zero-order valence-corrected chi connectivity index (χ0v) is 21.8. The van der Waals surface area contributed by atoms with Crippen LogP contribution in [0.2, 0.25) is 10.0 Å². The molecule has 1 atom stereocenters. The van der Waals surface area contributed by atoms with Crippen molar-refractivity contribution in [3.05, 3.63) is 63.6 Å². The van der Waals surface area contributed by atoms with E-state index >= 15 is 0 Å². The Morgan fingerprint density at radius 1 is 1.18 bits per heavy atom. The van der Waals surface area contributed by atoms with E-state index in [0.29, 0.717) is 27.9 Å². The lowest BCUT2D eigenvalue weighted by Crippen LogP contribution is -2.52. The van der Waals surface area contributed by atoms with Gasteiger partial charge in [0.25, 0.3) is 10.1 Å². The molecule has 1 amide bonds. The summed E-state index contributed by atoms with van der Waals surface area (Å²) >= 11 is 12.3. The maximum Gasteiger partial charge on any atom is 0.264 e. The Labute approximate surface area is 211 Å². The zero-order valence-electron chi connectivity index (χ0n) is 19.4. The van der Waals surface area contributed by atoms with Gasteiger partial charge in [0, 0.05) is 13.0 Å². The lowest BCUT2D eigenvalue weighted by Gasteiger charge is -2.43. The van der Waals surface area contributed by atoms with Gasteiger partial charge in [0.1, 0.15) is 11.4 Å². The van der Waals surface area contributed by atoms with Gasteiger partial charge >= 0.3 is 0 Å². The molecule has 0 aromatic heterocycles. The van der Waals surface area contributed by atoms with Crippen LogP contribution in [0.25, 0.3) is 0 Å². The highest BCUT2D eigenvalue weighted by Crippen LogP contribution is 2.37. The lowest BCUT2D eigenvalue weighted by molar-refractivity contribution is -0.154. The first kappa shape index (κ1) is 26.8. The third-order valence-electron chi connectivity index (χ3n) is 5.41. The molecule has 1 saturated heterocycles. The van der Waals surface area contributed by atoms with E-state index in [1.807, 2.05) is 38.1 Å². The summed E-state index contributed by atoms with van der Waals surface area (Å²) in [5, 5.41) is 0.733. The van der Waals surface area contributed by atoms with Crippen LogP contribution in [0.15, 0.2) is 42.5 Å². The number of hydrogen-bond donors (Lipinski definition) is 0. The third-order valence-corrected chi connectivity index (χ3v) is 6.75. The van der Waals surface area contributed by atoms with Crippen molar-refractivity contribution in [1.82, 2.24) is 4.90 Å². The number of carbonyl (C=O) groups is 1. The first-order valence-electron chi connectivity index (χ1n) is 10.9. The molecule has 1 aliphatic rings. The molecule has 2 aromatic carbocycles. The van der Waals surface area contributed by atoms with Gasteiger partial charge in [-0.1, -0.05) is 41.4 Å². The fourth-order valence-corrected chi connectivity index (χ4v) is 4.58. The molecular weight excluding hydrogens is 501 g/mol. The monoisotopic (exact) mass is 529 g/mol. The average molecular weight is 530 g/mol. The van der Waals surface area contributed by atoms with Gasteiger partial charge in [-0.05, 0) is 49.2 Å². The summed E-state index contributed by atoms with van der Waals surface area (Å²) in [5.74, 6) is 0.642. The minimum atomic E-state index is -3.63. The number of rotatable bonds is 9. The largest absolute Gasteiger partial charge is 0.491 e. The van der Waals surface area contributed by atoms with Gasteiger partial charge < -0.3 is 14.4 Å². The van der Waals surface area contributed by atoms with Crippen LogP contribution in [-0.2, 0) is 35.9 Å². The number of morpholine rings is 1. The molecule has 3 rings (SSSR count). The minimum absolute atomic E-state index is 0.0335. The van der Waals surface area contributed by atoms with Crippen molar-refractivity contribution < 1.29 is 26.9 Å². The average Bonchev–Trinajstić information content (AvgIpc) is 2.74. The van der Waals surface area contributed by atoms with Gasteiger partial charge in [0.05, 0.1) is 48.6 Å². The predicted molar refractivity (Wildman–Crippen MR) is 132 cm³/mol. The molecule has 1 heterocycles. The minimum Gasteiger partial charge on any atom is -0.491 e. The maximum absolute atomic E-state index is 13.2. The van der Waals surface area contributed by atoms with E-state index in [2.05, 4.69) is 0 Å². The molecule has 0 aliphatic carbocycles. The molecule has 0 bridgehead atoms. The van der Waals surface area contributed by atoms with Gasteiger partial charge in [-0.3, -0.25) is 8.98 Å². The van der Waals surface area contributed by atoms with E-state index in [1.165, 1.54) is 0 Å². The van der Waals surface area contributed by atoms with Gasteiger partial charge in [-0.15, -0.1) is 0 Å². The molecule has 1 fully saturated rings. The normalized spacial score (nSPS) is 18.8. The van der Waals surface area contributed by atoms with Crippen LogP contribution < -0.4 is 4.74 Å². The SMILES string of the molecule is CC(C)Oc1cccc(CC(=O)N2CCO[C@](CCOS(C)(=O)=O)(c3ccc(Cl)c(Cl)c3)C2)c1. The summed E-state index contributed by atoms with van der Waals surface area (Å²) in [7, 11) is -3.63. The van der Waals surface area contributed by atoms with Crippen LogP contribution in [0, 0.1) is 0 Å². The van der Waals surface area contributed by atoms with Gasteiger partial charge in [0.15, 0.2) is 0 Å². The summed E-state index contributed by atoms with van der Waals surface area (Å²) in [6, 6.07) is 12.6. The molecule has 0 spiro atoms. The molecule has 7 nitrogen and oxygen atoms in total. The number of benzene rings is 2. The van der Waals surface area contributed by atoms with Crippen LogP contribution in [0.4, 0.5) is 0 Å². The summed E-state index contributed by atoms with van der Waals surface area (Å²) in [4.78, 5) is 15.0. The van der Waals surface area contributed by atoms with E-state index in [-0.39, 0.29) is 44.6 Å².